The molecule has 0 radical (unpaired) electrons. The predicted molar refractivity (Wildman–Crippen MR) is 108 cm³/mol. The normalized spacial score (nSPS) is 18.1. The van der Waals surface area contributed by atoms with Crippen LogP contribution in [0.15, 0.2) is 23.1 Å². The molecule has 1 aromatic carbocycles. The summed E-state index contributed by atoms with van der Waals surface area (Å²) in [7, 11) is -4.22. The van der Waals surface area contributed by atoms with Gasteiger partial charge in [0.2, 0.25) is 10.0 Å². The number of carbonyl (C=O) groups excluding carboxylic acids is 2. The maximum Gasteiger partial charge on any atom is 0.327 e. The number of carbonyl (C=O) groups is 2. The number of amides is 1. The van der Waals surface area contributed by atoms with Gasteiger partial charge in [-0.1, -0.05) is 36.0 Å². The van der Waals surface area contributed by atoms with Gasteiger partial charge in [0, 0.05) is 6.04 Å². The molecule has 1 aliphatic rings. The minimum Gasteiger partial charge on any atom is -0.451 e. The van der Waals surface area contributed by atoms with Gasteiger partial charge in [0.1, 0.15) is 6.04 Å². The molecule has 162 valence electrons. The average Bonchev–Trinajstić information content (AvgIpc) is 3.14. The lowest BCUT2D eigenvalue weighted by Gasteiger charge is -2.23. The van der Waals surface area contributed by atoms with Crippen LogP contribution in [0.3, 0.4) is 0 Å². The van der Waals surface area contributed by atoms with Gasteiger partial charge in [0.15, 0.2) is 6.10 Å². The highest BCUT2D eigenvalue weighted by molar-refractivity contribution is 7.89. The van der Waals surface area contributed by atoms with Crippen LogP contribution in [0.4, 0.5) is 0 Å². The van der Waals surface area contributed by atoms with Crippen LogP contribution in [0.2, 0.25) is 10.0 Å². The highest BCUT2D eigenvalue weighted by Gasteiger charge is 2.33. The van der Waals surface area contributed by atoms with E-state index in [4.69, 9.17) is 27.9 Å². The van der Waals surface area contributed by atoms with Crippen molar-refractivity contribution in [3.05, 3.63) is 28.2 Å². The van der Waals surface area contributed by atoms with Gasteiger partial charge >= 0.3 is 5.97 Å². The summed E-state index contributed by atoms with van der Waals surface area (Å²) in [5.74, 6) is -1.54. The summed E-state index contributed by atoms with van der Waals surface area (Å²) in [6.07, 6.45) is 1.24. The Hall–Kier alpha value is -1.39. The van der Waals surface area contributed by atoms with E-state index in [1.54, 1.807) is 0 Å². The average molecular weight is 467 g/mol. The summed E-state index contributed by atoms with van der Waals surface area (Å²) >= 11 is 11.6. The van der Waals surface area contributed by atoms with Gasteiger partial charge in [-0.25, -0.2) is 8.42 Å². The monoisotopic (exact) mass is 466 g/mol. The summed E-state index contributed by atoms with van der Waals surface area (Å²) in [6.45, 7) is 2.61. The number of hydrogen-bond donors (Lipinski definition) is 3. The molecule has 1 aliphatic carbocycles. The number of hydrogen-bond acceptors (Lipinski definition) is 6. The summed E-state index contributed by atoms with van der Waals surface area (Å²) in [4.78, 5) is 24.4. The molecule has 0 unspecified atom stereocenters. The fourth-order valence-electron chi connectivity index (χ4n) is 2.91. The van der Waals surface area contributed by atoms with Gasteiger partial charge in [0.25, 0.3) is 5.91 Å². The minimum atomic E-state index is -4.22. The molecule has 3 atom stereocenters. The van der Waals surface area contributed by atoms with Gasteiger partial charge in [-0.2, -0.15) is 4.72 Å². The molecule has 3 N–H and O–H groups in total. The molecule has 1 saturated carbocycles. The van der Waals surface area contributed by atoms with E-state index in [2.05, 4.69) is 10.0 Å². The first kappa shape index (κ1) is 23.9. The zero-order chi connectivity index (χ0) is 21.8. The quantitative estimate of drug-likeness (QED) is 0.503. The zero-order valence-electron chi connectivity index (χ0n) is 16.0. The number of aliphatic hydroxyl groups excluding tert-OH is 1. The first-order valence-corrected chi connectivity index (χ1v) is 11.4. The van der Waals surface area contributed by atoms with Crippen molar-refractivity contribution in [1.82, 2.24) is 10.0 Å². The molecule has 29 heavy (non-hydrogen) atoms. The highest BCUT2D eigenvalue weighted by atomic mass is 35.5. The van der Waals surface area contributed by atoms with E-state index in [1.165, 1.54) is 26.0 Å². The molecular weight excluding hydrogens is 443 g/mol. The number of benzene rings is 1. The van der Waals surface area contributed by atoms with E-state index < -0.39 is 40.1 Å². The van der Waals surface area contributed by atoms with Crippen molar-refractivity contribution in [3.8, 4) is 0 Å². The second-order valence-electron chi connectivity index (χ2n) is 6.98. The molecule has 0 bridgehead atoms. The first-order chi connectivity index (χ1) is 13.5. The maximum atomic E-state index is 12.6. The number of ether oxygens (including phenoxy) is 1. The van der Waals surface area contributed by atoms with E-state index in [9.17, 15) is 23.1 Å². The van der Waals surface area contributed by atoms with Gasteiger partial charge in [-0.15, -0.1) is 0 Å². The zero-order valence-corrected chi connectivity index (χ0v) is 18.4. The van der Waals surface area contributed by atoms with Crippen molar-refractivity contribution >= 4 is 45.1 Å². The molecule has 0 spiro atoms. The number of nitrogens with one attached hydrogen (secondary N) is 2. The molecule has 0 aliphatic heterocycles. The number of esters is 1. The molecule has 11 heteroatoms. The number of aliphatic hydroxyl groups is 1. The van der Waals surface area contributed by atoms with Crippen LogP contribution in [0, 0.1) is 0 Å². The van der Waals surface area contributed by atoms with E-state index in [0.29, 0.717) is 0 Å². The lowest BCUT2D eigenvalue weighted by atomic mass is 10.2. The van der Waals surface area contributed by atoms with Crippen LogP contribution in [0.1, 0.15) is 39.5 Å². The SMILES string of the molecule is C[C@H](OC(=O)[C@H](NS(=O)(=O)c1ccc(Cl)c(Cl)c1)[C@@H](C)O)C(=O)NC1CCCC1. The molecule has 1 aromatic rings. The molecule has 1 amide bonds. The van der Waals surface area contributed by atoms with E-state index in [-0.39, 0.29) is 21.0 Å². The van der Waals surface area contributed by atoms with Crippen molar-refractivity contribution in [2.75, 3.05) is 0 Å². The predicted octanol–water partition coefficient (Wildman–Crippen LogP) is 2.01. The Morgan fingerprint density at radius 3 is 2.34 bits per heavy atom. The molecule has 0 heterocycles. The Kier molecular flexibility index (Phi) is 8.30. The number of sulfonamides is 1. The summed E-state index contributed by atoms with van der Waals surface area (Å²) in [5.41, 5.74) is 0. The first-order valence-electron chi connectivity index (χ1n) is 9.17. The lowest BCUT2D eigenvalue weighted by molar-refractivity contribution is -0.158. The molecule has 0 saturated heterocycles. The smallest absolute Gasteiger partial charge is 0.327 e. The van der Waals surface area contributed by atoms with Crippen LogP contribution in [0.25, 0.3) is 0 Å². The molecule has 8 nitrogen and oxygen atoms in total. The van der Waals surface area contributed by atoms with E-state index in [1.807, 2.05) is 0 Å². The van der Waals surface area contributed by atoms with Crippen LogP contribution in [0.5, 0.6) is 0 Å². The second kappa shape index (κ2) is 10.1. The Bertz CT molecular complexity index is 856. The topological polar surface area (TPSA) is 122 Å². The van der Waals surface area contributed by atoms with Crippen LogP contribution in [-0.2, 0) is 24.3 Å². The summed E-state index contributed by atoms with van der Waals surface area (Å²) < 4.78 is 32.3. The van der Waals surface area contributed by atoms with Gasteiger partial charge in [-0.05, 0) is 44.9 Å². The third kappa shape index (κ3) is 6.55. The van der Waals surface area contributed by atoms with Gasteiger partial charge in [0.05, 0.1) is 21.0 Å². The maximum absolute atomic E-state index is 12.6. The lowest BCUT2D eigenvalue weighted by Crippen LogP contribution is -2.50. The van der Waals surface area contributed by atoms with Crippen molar-refractivity contribution in [2.24, 2.45) is 0 Å². The summed E-state index contributed by atoms with van der Waals surface area (Å²) in [6, 6.07) is 2.05. The fourth-order valence-corrected chi connectivity index (χ4v) is 4.56. The highest BCUT2D eigenvalue weighted by Crippen LogP contribution is 2.25. The molecule has 2 rings (SSSR count). The van der Waals surface area contributed by atoms with Gasteiger partial charge < -0.3 is 15.2 Å². The Labute approximate surface area is 180 Å². The van der Waals surface area contributed by atoms with E-state index >= 15 is 0 Å². The number of halogens is 2. The third-order valence-electron chi connectivity index (χ3n) is 4.58. The fraction of sp³-hybridized carbons (Fsp3) is 0.556. The Morgan fingerprint density at radius 2 is 1.79 bits per heavy atom. The minimum absolute atomic E-state index is 0.0166. The van der Waals surface area contributed by atoms with Crippen molar-refractivity contribution < 1.29 is 27.9 Å². The third-order valence-corrected chi connectivity index (χ3v) is 6.76. The number of rotatable bonds is 8. The van der Waals surface area contributed by atoms with Crippen molar-refractivity contribution in [1.29, 1.82) is 0 Å². The van der Waals surface area contributed by atoms with Crippen LogP contribution < -0.4 is 10.0 Å². The van der Waals surface area contributed by atoms with E-state index in [0.717, 1.165) is 31.7 Å². The standard InChI is InChI=1S/C18H24Cl2N2O6S/c1-10(23)16(22-29(26,27)13-7-8-14(19)15(20)9-13)18(25)28-11(2)17(24)21-12-5-3-4-6-12/h7-12,16,22-23H,3-6H2,1-2H3,(H,21,24)/t10-,11+,16-/m1/s1. The Morgan fingerprint density at radius 1 is 1.17 bits per heavy atom. The molecular formula is C18H24Cl2N2O6S. The summed E-state index contributed by atoms with van der Waals surface area (Å²) in [5, 5.41) is 12.9. The van der Waals surface area contributed by atoms with Crippen molar-refractivity contribution in [3.63, 3.8) is 0 Å². The van der Waals surface area contributed by atoms with Crippen molar-refractivity contribution in [2.45, 2.75) is 68.7 Å². The largest absolute Gasteiger partial charge is 0.451 e. The second-order valence-corrected chi connectivity index (χ2v) is 9.51. The van der Waals surface area contributed by atoms with Gasteiger partial charge in [-0.3, -0.25) is 9.59 Å². The Balaban J connectivity index is 2.06. The molecule has 1 fully saturated rings. The molecule has 0 aromatic heterocycles. The van der Waals surface area contributed by atoms with Crippen LogP contribution in [-0.4, -0.2) is 49.7 Å². The van der Waals surface area contributed by atoms with Crippen LogP contribution >= 0.6 is 23.2 Å².